The number of rotatable bonds is 6. The van der Waals surface area contributed by atoms with Crippen molar-refractivity contribution in [2.75, 3.05) is 19.2 Å². The van der Waals surface area contributed by atoms with Crippen molar-refractivity contribution in [3.63, 3.8) is 0 Å². The number of carbonyl (C=O) groups excluding carboxylic acids is 1. The summed E-state index contributed by atoms with van der Waals surface area (Å²) in [7, 11) is 3.09. The van der Waals surface area contributed by atoms with Crippen LogP contribution in [0.4, 0.5) is 5.13 Å². The standard InChI is InChI=1S/C24H21N3O3S/c1-16-9-10-21-22(11-16)31-24(26-21)27(25-15-17-7-5-4-6-8-17)23(28)18-12-19(29-2)14-20(13-18)30-3/h4-15H,1-3H3/b25-15+. The first-order valence-electron chi connectivity index (χ1n) is 9.61. The van der Waals surface area contributed by atoms with Crippen molar-refractivity contribution in [3.05, 3.63) is 83.4 Å². The summed E-state index contributed by atoms with van der Waals surface area (Å²) in [4.78, 5) is 18.2. The van der Waals surface area contributed by atoms with E-state index in [1.807, 2.05) is 49.4 Å². The fraction of sp³-hybridized carbons (Fsp3) is 0.125. The number of aromatic nitrogens is 1. The lowest BCUT2D eigenvalue weighted by atomic mass is 10.2. The molecule has 1 heterocycles. The van der Waals surface area contributed by atoms with Gasteiger partial charge >= 0.3 is 0 Å². The Kier molecular flexibility index (Phi) is 5.95. The van der Waals surface area contributed by atoms with Crippen LogP contribution in [0.5, 0.6) is 11.5 Å². The molecule has 0 unspecified atom stereocenters. The Morgan fingerprint density at radius 3 is 2.39 bits per heavy atom. The van der Waals surface area contributed by atoms with Gasteiger partial charge in [0.05, 0.1) is 30.7 Å². The van der Waals surface area contributed by atoms with Crippen molar-refractivity contribution in [3.8, 4) is 11.5 Å². The number of methoxy groups -OCH3 is 2. The van der Waals surface area contributed by atoms with Crippen molar-refractivity contribution >= 4 is 38.8 Å². The van der Waals surface area contributed by atoms with Crippen molar-refractivity contribution in [2.45, 2.75) is 6.92 Å². The normalized spacial score (nSPS) is 11.1. The van der Waals surface area contributed by atoms with Crippen LogP contribution in [0, 0.1) is 6.92 Å². The third-order valence-electron chi connectivity index (χ3n) is 4.63. The molecular formula is C24H21N3O3S. The Balaban J connectivity index is 1.79. The smallest absolute Gasteiger partial charge is 0.281 e. The Bertz CT molecular complexity index is 1230. The number of amides is 1. The minimum absolute atomic E-state index is 0.333. The van der Waals surface area contributed by atoms with Crippen molar-refractivity contribution in [1.29, 1.82) is 0 Å². The summed E-state index contributed by atoms with van der Waals surface area (Å²) < 4.78 is 11.6. The number of anilines is 1. The van der Waals surface area contributed by atoms with Gasteiger partial charge in [0.15, 0.2) is 0 Å². The lowest BCUT2D eigenvalue weighted by Gasteiger charge is -2.15. The topological polar surface area (TPSA) is 64.0 Å². The Morgan fingerprint density at radius 1 is 1.00 bits per heavy atom. The average Bonchev–Trinajstić information content (AvgIpc) is 3.22. The third-order valence-corrected chi connectivity index (χ3v) is 5.62. The van der Waals surface area contributed by atoms with E-state index >= 15 is 0 Å². The van der Waals surface area contributed by atoms with E-state index in [1.165, 1.54) is 16.3 Å². The highest BCUT2D eigenvalue weighted by atomic mass is 32.1. The zero-order valence-electron chi connectivity index (χ0n) is 17.4. The van der Waals surface area contributed by atoms with Crippen LogP contribution in [0.2, 0.25) is 0 Å². The summed E-state index contributed by atoms with van der Waals surface area (Å²) in [6.07, 6.45) is 1.65. The Hall–Kier alpha value is -3.71. The lowest BCUT2D eigenvalue weighted by molar-refractivity contribution is 0.0987. The molecule has 31 heavy (non-hydrogen) atoms. The van der Waals surface area contributed by atoms with Crippen LogP contribution < -0.4 is 14.5 Å². The molecule has 1 amide bonds. The number of fused-ring (bicyclic) bond motifs is 1. The van der Waals surface area contributed by atoms with Gasteiger partial charge in [-0.15, -0.1) is 0 Å². The van der Waals surface area contributed by atoms with Crippen LogP contribution >= 0.6 is 11.3 Å². The van der Waals surface area contributed by atoms with Gasteiger partial charge in [0.1, 0.15) is 11.5 Å². The number of benzene rings is 3. The summed E-state index contributed by atoms with van der Waals surface area (Å²) >= 11 is 1.42. The van der Waals surface area contributed by atoms with E-state index in [0.29, 0.717) is 22.2 Å². The number of carbonyl (C=O) groups is 1. The fourth-order valence-corrected chi connectivity index (χ4v) is 4.04. The Labute approximate surface area is 184 Å². The molecule has 0 atom stereocenters. The predicted molar refractivity (Wildman–Crippen MR) is 125 cm³/mol. The molecule has 4 aromatic rings. The molecule has 4 rings (SSSR count). The van der Waals surface area contributed by atoms with Crippen LogP contribution in [-0.4, -0.2) is 31.3 Å². The number of ether oxygens (including phenoxy) is 2. The molecule has 0 saturated heterocycles. The van der Waals surface area contributed by atoms with Gasteiger partial charge in [-0.1, -0.05) is 47.7 Å². The van der Waals surface area contributed by atoms with Gasteiger partial charge < -0.3 is 9.47 Å². The van der Waals surface area contributed by atoms with E-state index < -0.39 is 0 Å². The molecular weight excluding hydrogens is 410 g/mol. The second-order valence-corrected chi connectivity index (χ2v) is 7.85. The molecule has 0 fully saturated rings. The molecule has 0 aliphatic heterocycles. The highest BCUT2D eigenvalue weighted by Crippen LogP contribution is 2.32. The molecule has 0 bridgehead atoms. The highest BCUT2D eigenvalue weighted by Gasteiger charge is 2.22. The maximum atomic E-state index is 13.5. The van der Waals surface area contributed by atoms with Gasteiger partial charge in [-0.2, -0.15) is 10.1 Å². The van der Waals surface area contributed by atoms with E-state index in [4.69, 9.17) is 9.47 Å². The number of aryl methyl sites for hydroxylation is 1. The molecule has 6 nitrogen and oxygen atoms in total. The molecule has 1 aromatic heterocycles. The second kappa shape index (κ2) is 8.97. The first-order chi connectivity index (χ1) is 15.1. The quantitative estimate of drug-likeness (QED) is 0.307. The Morgan fingerprint density at radius 2 is 1.71 bits per heavy atom. The van der Waals surface area contributed by atoms with Gasteiger partial charge in [-0.25, -0.2) is 4.98 Å². The monoisotopic (exact) mass is 431 g/mol. The van der Waals surface area contributed by atoms with Crippen LogP contribution in [0.15, 0.2) is 71.8 Å². The summed E-state index contributed by atoms with van der Waals surface area (Å²) in [5, 5.41) is 6.30. The SMILES string of the molecule is COc1cc(OC)cc(C(=O)N(/N=C/c2ccccc2)c2nc3ccc(C)cc3s2)c1. The number of hydrazone groups is 1. The average molecular weight is 432 g/mol. The molecule has 3 aromatic carbocycles. The molecule has 7 heteroatoms. The predicted octanol–water partition coefficient (Wildman–Crippen LogP) is 5.30. The van der Waals surface area contributed by atoms with Crippen molar-refractivity contribution in [2.24, 2.45) is 5.10 Å². The molecule has 0 spiro atoms. The van der Waals surface area contributed by atoms with Crippen molar-refractivity contribution < 1.29 is 14.3 Å². The van der Waals surface area contributed by atoms with E-state index in [-0.39, 0.29) is 5.91 Å². The van der Waals surface area contributed by atoms with Crippen LogP contribution in [0.1, 0.15) is 21.5 Å². The van der Waals surface area contributed by atoms with E-state index in [2.05, 4.69) is 16.2 Å². The first-order valence-corrected chi connectivity index (χ1v) is 10.4. The zero-order chi connectivity index (χ0) is 21.8. The minimum atomic E-state index is -0.333. The summed E-state index contributed by atoms with van der Waals surface area (Å²) in [6, 6.07) is 20.6. The molecule has 0 radical (unpaired) electrons. The number of hydrogen-bond acceptors (Lipinski definition) is 6. The molecule has 0 N–H and O–H groups in total. The van der Waals surface area contributed by atoms with E-state index in [1.54, 1.807) is 38.6 Å². The van der Waals surface area contributed by atoms with E-state index in [0.717, 1.165) is 21.3 Å². The van der Waals surface area contributed by atoms with Gasteiger partial charge in [0.25, 0.3) is 5.91 Å². The number of hydrogen-bond donors (Lipinski definition) is 0. The third kappa shape index (κ3) is 4.57. The summed E-state index contributed by atoms with van der Waals surface area (Å²) in [6.45, 7) is 2.03. The number of nitrogens with zero attached hydrogens (tertiary/aromatic N) is 3. The van der Waals surface area contributed by atoms with Gasteiger partial charge in [0, 0.05) is 11.6 Å². The summed E-state index contributed by atoms with van der Waals surface area (Å²) in [5.41, 5.74) is 3.21. The zero-order valence-corrected chi connectivity index (χ0v) is 18.2. The van der Waals surface area contributed by atoms with Crippen LogP contribution in [0.3, 0.4) is 0 Å². The summed E-state index contributed by atoms with van der Waals surface area (Å²) in [5.74, 6) is 0.712. The fourth-order valence-electron chi connectivity index (χ4n) is 3.02. The van der Waals surface area contributed by atoms with E-state index in [9.17, 15) is 4.79 Å². The maximum absolute atomic E-state index is 13.5. The van der Waals surface area contributed by atoms with Crippen LogP contribution in [-0.2, 0) is 0 Å². The molecule has 0 saturated carbocycles. The van der Waals surface area contributed by atoms with Gasteiger partial charge in [-0.3, -0.25) is 4.79 Å². The maximum Gasteiger partial charge on any atom is 0.281 e. The van der Waals surface area contributed by atoms with Crippen LogP contribution in [0.25, 0.3) is 10.2 Å². The molecule has 156 valence electrons. The number of thiazole rings is 1. The lowest BCUT2D eigenvalue weighted by Crippen LogP contribution is -2.25. The molecule has 0 aliphatic rings. The molecule has 0 aliphatic carbocycles. The van der Waals surface area contributed by atoms with Gasteiger partial charge in [0.2, 0.25) is 5.13 Å². The van der Waals surface area contributed by atoms with Gasteiger partial charge in [-0.05, 0) is 42.3 Å². The van der Waals surface area contributed by atoms with Crippen molar-refractivity contribution in [1.82, 2.24) is 4.98 Å². The largest absolute Gasteiger partial charge is 0.497 e. The first kappa shape index (κ1) is 20.6. The minimum Gasteiger partial charge on any atom is -0.497 e. The highest BCUT2D eigenvalue weighted by molar-refractivity contribution is 7.22. The second-order valence-electron chi connectivity index (χ2n) is 6.84.